The Labute approximate surface area is 105 Å². The summed E-state index contributed by atoms with van der Waals surface area (Å²) < 4.78 is 0.935. The average Bonchev–Trinajstić information content (AvgIpc) is 2.84. The summed E-state index contributed by atoms with van der Waals surface area (Å²) in [7, 11) is 0. The number of rotatable bonds is 1. The molecule has 6 heteroatoms. The largest absolute Gasteiger partial charge is 0.249 e. The van der Waals surface area contributed by atoms with Crippen molar-refractivity contribution in [1.82, 2.24) is 15.0 Å². The molecule has 0 radical (unpaired) electrons. The summed E-state index contributed by atoms with van der Waals surface area (Å²) in [6.45, 7) is 1.99. The molecule has 0 aliphatic carbocycles. The summed E-state index contributed by atoms with van der Waals surface area (Å²) in [4.78, 5) is 14.7. The SMILES string of the molecule is Cc1ncc(-c2cc3ncnc(Cl)c3s2)s1. The molecule has 0 atom stereocenters. The molecule has 0 aromatic carbocycles. The molecule has 80 valence electrons. The van der Waals surface area contributed by atoms with Gasteiger partial charge in [-0.2, -0.15) is 0 Å². The van der Waals surface area contributed by atoms with E-state index in [1.807, 2.05) is 19.2 Å². The predicted octanol–water partition coefficient (Wildman–Crippen LogP) is 3.78. The molecule has 0 saturated carbocycles. The second-order valence-electron chi connectivity index (χ2n) is 3.23. The first-order chi connectivity index (χ1) is 7.74. The van der Waals surface area contributed by atoms with Gasteiger partial charge >= 0.3 is 0 Å². The molecule has 0 aliphatic heterocycles. The van der Waals surface area contributed by atoms with Crippen LogP contribution in [0.5, 0.6) is 0 Å². The number of thiazole rings is 1. The first-order valence-electron chi connectivity index (χ1n) is 4.57. The van der Waals surface area contributed by atoms with Crippen molar-refractivity contribution in [2.75, 3.05) is 0 Å². The zero-order chi connectivity index (χ0) is 11.1. The van der Waals surface area contributed by atoms with Crippen LogP contribution in [0.15, 0.2) is 18.6 Å². The van der Waals surface area contributed by atoms with E-state index in [0.29, 0.717) is 5.15 Å². The minimum absolute atomic E-state index is 0.516. The highest BCUT2D eigenvalue weighted by Gasteiger charge is 2.10. The minimum Gasteiger partial charge on any atom is -0.249 e. The van der Waals surface area contributed by atoms with E-state index >= 15 is 0 Å². The van der Waals surface area contributed by atoms with Crippen molar-refractivity contribution in [2.45, 2.75) is 6.92 Å². The van der Waals surface area contributed by atoms with E-state index in [1.165, 1.54) is 6.33 Å². The van der Waals surface area contributed by atoms with Gasteiger partial charge in [-0.15, -0.1) is 22.7 Å². The fourth-order valence-corrected chi connectivity index (χ4v) is 3.51. The Bertz CT molecular complexity index is 659. The number of nitrogens with zero attached hydrogens (tertiary/aromatic N) is 3. The van der Waals surface area contributed by atoms with Gasteiger partial charge in [0.1, 0.15) is 11.5 Å². The molecular weight excluding hydrogens is 262 g/mol. The van der Waals surface area contributed by atoms with Gasteiger partial charge in [0.05, 0.1) is 20.1 Å². The molecule has 0 amide bonds. The Kier molecular flexibility index (Phi) is 2.38. The second kappa shape index (κ2) is 3.76. The second-order valence-corrected chi connectivity index (χ2v) is 5.88. The molecule has 0 fully saturated rings. The summed E-state index contributed by atoms with van der Waals surface area (Å²) in [5, 5.41) is 1.58. The fraction of sp³-hybridized carbons (Fsp3) is 0.100. The summed E-state index contributed by atoms with van der Waals surface area (Å²) in [6, 6.07) is 2.03. The normalized spacial score (nSPS) is 11.1. The Balaban J connectivity index is 2.22. The molecule has 3 nitrogen and oxygen atoms in total. The van der Waals surface area contributed by atoms with Crippen LogP contribution < -0.4 is 0 Å². The van der Waals surface area contributed by atoms with Crippen LogP contribution in [-0.2, 0) is 0 Å². The highest BCUT2D eigenvalue weighted by atomic mass is 35.5. The van der Waals surface area contributed by atoms with Gasteiger partial charge in [-0.25, -0.2) is 15.0 Å². The standard InChI is InChI=1S/C10H6ClN3S2/c1-5-12-3-8(15-5)7-2-6-9(16-7)10(11)14-4-13-6/h2-4H,1H3. The number of thiophene rings is 1. The molecule has 16 heavy (non-hydrogen) atoms. The van der Waals surface area contributed by atoms with Crippen molar-refractivity contribution < 1.29 is 0 Å². The van der Waals surface area contributed by atoms with Crippen LogP contribution in [0, 0.1) is 6.92 Å². The topological polar surface area (TPSA) is 38.7 Å². The van der Waals surface area contributed by atoms with Crippen molar-refractivity contribution >= 4 is 44.5 Å². The third-order valence-electron chi connectivity index (χ3n) is 2.13. The van der Waals surface area contributed by atoms with Crippen molar-refractivity contribution in [3.8, 4) is 9.75 Å². The van der Waals surface area contributed by atoms with Crippen LogP contribution in [0.25, 0.3) is 20.0 Å². The molecular formula is C10H6ClN3S2. The highest BCUT2D eigenvalue weighted by molar-refractivity contribution is 7.26. The first-order valence-corrected chi connectivity index (χ1v) is 6.58. The van der Waals surface area contributed by atoms with Gasteiger partial charge in [0.25, 0.3) is 0 Å². The minimum atomic E-state index is 0.516. The molecule has 0 N–H and O–H groups in total. The summed E-state index contributed by atoms with van der Waals surface area (Å²) >= 11 is 9.28. The Morgan fingerprint density at radius 3 is 2.69 bits per heavy atom. The molecule has 3 heterocycles. The lowest BCUT2D eigenvalue weighted by Crippen LogP contribution is -1.76. The van der Waals surface area contributed by atoms with E-state index in [0.717, 1.165) is 25.0 Å². The van der Waals surface area contributed by atoms with Gasteiger partial charge in [0.15, 0.2) is 0 Å². The van der Waals surface area contributed by atoms with Gasteiger partial charge in [0.2, 0.25) is 0 Å². The zero-order valence-corrected chi connectivity index (χ0v) is 10.7. The number of aromatic nitrogens is 3. The maximum absolute atomic E-state index is 6.01. The van der Waals surface area contributed by atoms with E-state index in [9.17, 15) is 0 Å². The van der Waals surface area contributed by atoms with Gasteiger partial charge in [-0.05, 0) is 13.0 Å². The van der Waals surface area contributed by atoms with Gasteiger partial charge in [-0.1, -0.05) is 11.6 Å². The lowest BCUT2D eigenvalue weighted by Gasteiger charge is -1.87. The van der Waals surface area contributed by atoms with E-state index < -0.39 is 0 Å². The molecule has 3 aromatic heterocycles. The van der Waals surface area contributed by atoms with Crippen LogP contribution in [0.4, 0.5) is 0 Å². The van der Waals surface area contributed by atoms with Crippen molar-refractivity contribution in [3.63, 3.8) is 0 Å². The molecule has 3 aromatic rings. The van der Waals surface area contributed by atoms with Crippen LogP contribution in [0.2, 0.25) is 5.15 Å². The molecule has 0 unspecified atom stereocenters. The molecule has 0 bridgehead atoms. The predicted molar refractivity (Wildman–Crippen MR) is 68.3 cm³/mol. The van der Waals surface area contributed by atoms with Crippen LogP contribution in [0.3, 0.4) is 0 Å². The highest BCUT2D eigenvalue weighted by Crippen LogP contribution is 2.37. The average molecular weight is 268 g/mol. The molecule has 0 spiro atoms. The molecule has 0 aliphatic rings. The Morgan fingerprint density at radius 1 is 1.12 bits per heavy atom. The van der Waals surface area contributed by atoms with Gasteiger partial charge in [0, 0.05) is 11.1 Å². The fourth-order valence-electron chi connectivity index (χ4n) is 1.42. The third kappa shape index (κ3) is 1.61. The first kappa shape index (κ1) is 10.1. The summed E-state index contributed by atoms with van der Waals surface area (Å²) in [5.41, 5.74) is 0.894. The zero-order valence-electron chi connectivity index (χ0n) is 8.27. The van der Waals surface area contributed by atoms with E-state index in [-0.39, 0.29) is 0 Å². The van der Waals surface area contributed by atoms with E-state index in [2.05, 4.69) is 15.0 Å². The Hall–Kier alpha value is -1.04. The third-order valence-corrected chi connectivity index (χ3v) is 4.77. The lowest BCUT2D eigenvalue weighted by atomic mass is 10.4. The van der Waals surface area contributed by atoms with Crippen molar-refractivity contribution in [3.05, 3.63) is 28.8 Å². The monoisotopic (exact) mass is 267 g/mol. The Morgan fingerprint density at radius 2 is 2.00 bits per heavy atom. The van der Waals surface area contributed by atoms with Crippen molar-refractivity contribution in [2.24, 2.45) is 0 Å². The van der Waals surface area contributed by atoms with Crippen LogP contribution >= 0.6 is 34.3 Å². The molecule has 3 rings (SSSR count). The van der Waals surface area contributed by atoms with E-state index in [4.69, 9.17) is 11.6 Å². The van der Waals surface area contributed by atoms with Crippen LogP contribution in [0.1, 0.15) is 5.01 Å². The maximum atomic E-state index is 6.01. The van der Waals surface area contributed by atoms with Gasteiger partial charge in [-0.3, -0.25) is 0 Å². The smallest absolute Gasteiger partial charge is 0.150 e. The number of fused-ring (bicyclic) bond motifs is 1. The number of aryl methyl sites for hydroxylation is 1. The summed E-state index contributed by atoms with van der Waals surface area (Å²) in [5.74, 6) is 0. The lowest BCUT2D eigenvalue weighted by molar-refractivity contribution is 1.23. The number of hydrogen-bond donors (Lipinski definition) is 0. The van der Waals surface area contributed by atoms with Crippen LogP contribution in [-0.4, -0.2) is 15.0 Å². The number of halogens is 1. The van der Waals surface area contributed by atoms with Gasteiger partial charge < -0.3 is 0 Å². The quantitative estimate of drug-likeness (QED) is 0.630. The van der Waals surface area contributed by atoms with Crippen molar-refractivity contribution in [1.29, 1.82) is 0 Å². The van der Waals surface area contributed by atoms with E-state index in [1.54, 1.807) is 22.7 Å². The number of hydrogen-bond acceptors (Lipinski definition) is 5. The maximum Gasteiger partial charge on any atom is 0.150 e. The molecule has 0 saturated heterocycles. The summed E-state index contributed by atoms with van der Waals surface area (Å²) in [6.07, 6.45) is 3.37.